The van der Waals surface area contributed by atoms with Crippen molar-refractivity contribution in [1.82, 2.24) is 24.5 Å². The zero-order chi connectivity index (χ0) is 23.6. The second kappa shape index (κ2) is 9.47. The number of hydrogen-bond acceptors (Lipinski definition) is 5. The molecule has 0 atom stereocenters. The Labute approximate surface area is 205 Å². The summed E-state index contributed by atoms with van der Waals surface area (Å²) < 4.78 is 8.05. The molecule has 35 heavy (non-hydrogen) atoms. The van der Waals surface area contributed by atoms with Crippen LogP contribution in [0.3, 0.4) is 0 Å². The summed E-state index contributed by atoms with van der Waals surface area (Å²) in [5, 5.41) is 5.99. The molecule has 6 nitrogen and oxygen atoms in total. The summed E-state index contributed by atoms with van der Waals surface area (Å²) in [7, 11) is 0. The SMILES string of the molecule is Cc1cccc(-c2nn3ccccc3c2-c2ccnc3cc(OCCN4CCCCC4)ccc23)n1. The lowest BCUT2D eigenvalue weighted by Gasteiger charge is -2.26. The highest BCUT2D eigenvalue weighted by Gasteiger charge is 2.19. The molecule has 176 valence electrons. The first-order valence-corrected chi connectivity index (χ1v) is 12.4. The third kappa shape index (κ3) is 4.37. The summed E-state index contributed by atoms with van der Waals surface area (Å²) in [6.07, 6.45) is 7.80. The minimum absolute atomic E-state index is 0.697. The number of benzene rings is 1. The molecule has 4 aromatic heterocycles. The summed E-state index contributed by atoms with van der Waals surface area (Å²) in [5.74, 6) is 0.861. The van der Waals surface area contributed by atoms with E-state index in [1.165, 1.54) is 32.4 Å². The first-order valence-electron chi connectivity index (χ1n) is 12.4. The van der Waals surface area contributed by atoms with Crippen LogP contribution < -0.4 is 4.74 Å². The van der Waals surface area contributed by atoms with Crippen molar-refractivity contribution >= 4 is 16.4 Å². The Bertz CT molecular complexity index is 1490. The number of hydrogen-bond donors (Lipinski definition) is 0. The lowest BCUT2D eigenvalue weighted by atomic mass is 9.98. The van der Waals surface area contributed by atoms with Gasteiger partial charge in [0.05, 0.1) is 16.7 Å². The minimum Gasteiger partial charge on any atom is -0.492 e. The molecule has 0 radical (unpaired) electrons. The van der Waals surface area contributed by atoms with Gasteiger partial charge in [-0.3, -0.25) is 14.9 Å². The normalized spacial score (nSPS) is 14.5. The molecule has 0 N–H and O–H groups in total. The van der Waals surface area contributed by atoms with Crippen molar-refractivity contribution < 1.29 is 4.74 Å². The molecule has 5 aromatic rings. The van der Waals surface area contributed by atoms with E-state index in [-0.39, 0.29) is 0 Å². The van der Waals surface area contributed by atoms with Crippen molar-refractivity contribution in [2.45, 2.75) is 26.2 Å². The Balaban J connectivity index is 1.38. The number of ether oxygens (including phenoxy) is 1. The Hall–Kier alpha value is -3.77. The van der Waals surface area contributed by atoms with E-state index in [0.29, 0.717) is 6.61 Å². The third-order valence-corrected chi connectivity index (χ3v) is 6.78. The molecule has 1 saturated heterocycles. The van der Waals surface area contributed by atoms with Crippen LogP contribution in [0.4, 0.5) is 0 Å². The van der Waals surface area contributed by atoms with Gasteiger partial charge in [-0.2, -0.15) is 5.10 Å². The Morgan fingerprint density at radius 1 is 0.943 bits per heavy atom. The second-order valence-electron chi connectivity index (χ2n) is 9.21. The van der Waals surface area contributed by atoms with Gasteiger partial charge in [0.1, 0.15) is 18.1 Å². The number of rotatable bonds is 6. The van der Waals surface area contributed by atoms with E-state index < -0.39 is 0 Å². The summed E-state index contributed by atoms with van der Waals surface area (Å²) in [6, 6.07) is 20.5. The fraction of sp³-hybridized carbons (Fsp3) is 0.276. The molecule has 5 heterocycles. The van der Waals surface area contributed by atoms with Crippen LogP contribution in [-0.4, -0.2) is 50.7 Å². The molecular weight excluding hydrogens is 434 g/mol. The topological polar surface area (TPSA) is 55.6 Å². The average molecular weight is 464 g/mol. The van der Waals surface area contributed by atoms with Gasteiger partial charge in [0.2, 0.25) is 0 Å². The van der Waals surface area contributed by atoms with Crippen molar-refractivity contribution in [3.05, 3.63) is 78.8 Å². The van der Waals surface area contributed by atoms with Gasteiger partial charge in [0.25, 0.3) is 0 Å². The molecule has 1 fully saturated rings. The van der Waals surface area contributed by atoms with Crippen molar-refractivity contribution in [2.75, 3.05) is 26.2 Å². The van der Waals surface area contributed by atoms with E-state index in [2.05, 4.69) is 34.1 Å². The van der Waals surface area contributed by atoms with E-state index >= 15 is 0 Å². The monoisotopic (exact) mass is 463 g/mol. The van der Waals surface area contributed by atoms with Crippen LogP contribution in [0.2, 0.25) is 0 Å². The van der Waals surface area contributed by atoms with Crippen molar-refractivity contribution in [3.8, 4) is 28.3 Å². The smallest absolute Gasteiger partial charge is 0.121 e. The molecule has 0 spiro atoms. The predicted molar refractivity (Wildman–Crippen MR) is 140 cm³/mol. The van der Waals surface area contributed by atoms with Crippen LogP contribution in [0.15, 0.2) is 73.1 Å². The second-order valence-corrected chi connectivity index (χ2v) is 9.21. The van der Waals surface area contributed by atoms with Crippen LogP contribution >= 0.6 is 0 Å². The zero-order valence-corrected chi connectivity index (χ0v) is 20.0. The molecule has 0 saturated carbocycles. The quantitative estimate of drug-likeness (QED) is 0.319. The molecule has 0 bridgehead atoms. The maximum Gasteiger partial charge on any atom is 0.121 e. The summed E-state index contributed by atoms with van der Waals surface area (Å²) >= 11 is 0. The molecule has 6 heteroatoms. The first-order chi connectivity index (χ1) is 17.3. The number of nitrogens with zero attached hydrogens (tertiary/aromatic N) is 5. The molecule has 1 aliphatic heterocycles. The molecule has 0 aliphatic carbocycles. The predicted octanol–water partition coefficient (Wildman–Crippen LogP) is 5.78. The number of pyridine rings is 3. The molecular formula is C29H29N5O. The Morgan fingerprint density at radius 3 is 2.74 bits per heavy atom. The highest BCUT2D eigenvalue weighted by molar-refractivity contribution is 6.03. The standard InChI is InChI=1S/C29H29N5O/c1-21-8-7-9-25(31-21)29-28(27-10-3-6-17-34(27)32-29)24-13-14-30-26-20-22(11-12-23(24)26)35-19-18-33-15-4-2-5-16-33/h3,6-14,17,20H,2,4-5,15-16,18-19H2,1H3. The fourth-order valence-electron chi connectivity index (χ4n) is 5.03. The number of aromatic nitrogens is 4. The van der Waals surface area contributed by atoms with Crippen molar-refractivity contribution in [1.29, 1.82) is 0 Å². The van der Waals surface area contributed by atoms with Crippen LogP contribution in [0.5, 0.6) is 5.75 Å². The van der Waals surface area contributed by atoms with E-state index in [9.17, 15) is 0 Å². The van der Waals surface area contributed by atoms with Gasteiger partial charge in [-0.15, -0.1) is 0 Å². The number of piperidine rings is 1. The first kappa shape index (κ1) is 21.7. The molecule has 1 aromatic carbocycles. The van der Waals surface area contributed by atoms with E-state index in [1.807, 2.05) is 60.2 Å². The van der Waals surface area contributed by atoms with Gasteiger partial charge >= 0.3 is 0 Å². The van der Waals surface area contributed by atoms with Crippen LogP contribution in [0.25, 0.3) is 38.9 Å². The Morgan fingerprint density at radius 2 is 1.86 bits per heavy atom. The van der Waals surface area contributed by atoms with Crippen molar-refractivity contribution in [3.63, 3.8) is 0 Å². The molecule has 0 amide bonds. The third-order valence-electron chi connectivity index (χ3n) is 6.78. The Kier molecular flexibility index (Phi) is 5.88. The van der Waals surface area contributed by atoms with E-state index in [0.717, 1.165) is 56.9 Å². The number of likely N-dealkylation sites (tertiary alicyclic amines) is 1. The lowest BCUT2D eigenvalue weighted by Crippen LogP contribution is -2.33. The zero-order valence-electron chi connectivity index (χ0n) is 20.0. The summed E-state index contributed by atoms with van der Waals surface area (Å²) in [4.78, 5) is 11.9. The van der Waals surface area contributed by atoms with Gasteiger partial charge in [-0.05, 0) is 80.9 Å². The molecule has 6 rings (SSSR count). The molecule has 0 unspecified atom stereocenters. The van der Waals surface area contributed by atoms with Crippen LogP contribution in [0, 0.1) is 6.92 Å². The van der Waals surface area contributed by atoms with E-state index in [1.54, 1.807) is 0 Å². The highest BCUT2D eigenvalue weighted by atomic mass is 16.5. The average Bonchev–Trinajstić information content (AvgIpc) is 3.28. The van der Waals surface area contributed by atoms with Gasteiger partial charge in [-0.1, -0.05) is 18.6 Å². The van der Waals surface area contributed by atoms with Gasteiger partial charge < -0.3 is 4.74 Å². The fourth-order valence-corrected chi connectivity index (χ4v) is 5.03. The summed E-state index contributed by atoms with van der Waals surface area (Å²) in [6.45, 7) is 6.05. The maximum atomic E-state index is 6.12. The van der Waals surface area contributed by atoms with Gasteiger partial charge in [0, 0.05) is 41.6 Å². The van der Waals surface area contributed by atoms with Crippen LogP contribution in [0.1, 0.15) is 25.0 Å². The lowest BCUT2D eigenvalue weighted by molar-refractivity contribution is 0.183. The molecule has 1 aliphatic rings. The maximum absolute atomic E-state index is 6.12. The van der Waals surface area contributed by atoms with E-state index in [4.69, 9.17) is 14.8 Å². The minimum atomic E-state index is 0.697. The van der Waals surface area contributed by atoms with Crippen LogP contribution in [-0.2, 0) is 0 Å². The summed E-state index contributed by atoms with van der Waals surface area (Å²) in [5.41, 5.74) is 6.82. The largest absolute Gasteiger partial charge is 0.492 e. The number of fused-ring (bicyclic) bond motifs is 2. The van der Waals surface area contributed by atoms with Gasteiger partial charge in [-0.25, -0.2) is 4.52 Å². The number of aryl methyl sites for hydroxylation is 1. The van der Waals surface area contributed by atoms with Gasteiger partial charge in [0.15, 0.2) is 0 Å². The van der Waals surface area contributed by atoms with Crippen molar-refractivity contribution in [2.24, 2.45) is 0 Å². The highest BCUT2D eigenvalue weighted by Crippen LogP contribution is 2.38.